The number of nitrogens with zero attached hydrogens (tertiary/aromatic N) is 2. The molecule has 0 aromatic heterocycles. The molecular formula is C16H22Cl2N2O3S. The molecule has 0 aliphatic carbocycles. The summed E-state index contributed by atoms with van der Waals surface area (Å²) in [7, 11) is -3.62. The van der Waals surface area contributed by atoms with Crippen molar-refractivity contribution in [2.45, 2.75) is 31.6 Å². The van der Waals surface area contributed by atoms with E-state index in [2.05, 4.69) is 0 Å². The number of piperidine rings is 1. The number of carbonyl (C=O) groups excluding carboxylic acids is 1. The van der Waals surface area contributed by atoms with Crippen LogP contribution in [0.3, 0.4) is 0 Å². The second kappa shape index (κ2) is 8.04. The van der Waals surface area contributed by atoms with Gasteiger partial charge in [0, 0.05) is 32.1 Å². The van der Waals surface area contributed by atoms with Crippen molar-refractivity contribution in [3.05, 3.63) is 28.2 Å². The zero-order chi connectivity index (χ0) is 17.9. The van der Waals surface area contributed by atoms with Crippen LogP contribution in [0.2, 0.25) is 10.0 Å². The molecule has 0 spiro atoms. The third-order valence-electron chi connectivity index (χ3n) is 4.41. The largest absolute Gasteiger partial charge is 0.343 e. The monoisotopic (exact) mass is 392 g/mol. The lowest BCUT2D eigenvalue weighted by Gasteiger charge is -2.33. The summed E-state index contributed by atoms with van der Waals surface area (Å²) in [6, 6.07) is 4.30. The number of halogens is 2. The molecule has 0 atom stereocenters. The van der Waals surface area contributed by atoms with Crippen LogP contribution >= 0.6 is 23.2 Å². The third kappa shape index (κ3) is 4.04. The van der Waals surface area contributed by atoms with Crippen LogP contribution < -0.4 is 0 Å². The van der Waals surface area contributed by atoms with Crippen LogP contribution in [0, 0.1) is 5.92 Å². The van der Waals surface area contributed by atoms with Crippen LogP contribution in [0.15, 0.2) is 23.1 Å². The summed E-state index contributed by atoms with van der Waals surface area (Å²) >= 11 is 11.8. The molecule has 0 radical (unpaired) electrons. The van der Waals surface area contributed by atoms with Gasteiger partial charge in [-0.2, -0.15) is 4.31 Å². The minimum Gasteiger partial charge on any atom is -0.343 e. The summed E-state index contributed by atoms with van der Waals surface area (Å²) in [5.74, 6) is 0.0109. The van der Waals surface area contributed by atoms with E-state index in [0.717, 1.165) is 0 Å². The van der Waals surface area contributed by atoms with Gasteiger partial charge in [0.1, 0.15) is 0 Å². The van der Waals surface area contributed by atoms with E-state index in [1.807, 2.05) is 13.8 Å². The molecule has 134 valence electrons. The van der Waals surface area contributed by atoms with Crippen LogP contribution in [0.25, 0.3) is 0 Å². The molecule has 0 saturated carbocycles. The highest BCUT2D eigenvalue weighted by Gasteiger charge is 2.33. The summed E-state index contributed by atoms with van der Waals surface area (Å²) in [5, 5.41) is 0.531. The SMILES string of the molecule is CCN(CC)C(=O)C1CCN(S(=O)(=O)c2ccc(Cl)c(Cl)c2)CC1. The van der Waals surface area contributed by atoms with Crippen LogP contribution in [-0.2, 0) is 14.8 Å². The van der Waals surface area contributed by atoms with Gasteiger partial charge in [0.15, 0.2) is 0 Å². The first kappa shape index (κ1) is 19.5. The van der Waals surface area contributed by atoms with E-state index >= 15 is 0 Å². The van der Waals surface area contributed by atoms with Gasteiger partial charge >= 0.3 is 0 Å². The van der Waals surface area contributed by atoms with Gasteiger partial charge in [-0.1, -0.05) is 23.2 Å². The maximum atomic E-state index is 12.7. The third-order valence-corrected chi connectivity index (χ3v) is 7.04. The minimum absolute atomic E-state index is 0.106. The predicted molar refractivity (Wildman–Crippen MR) is 95.9 cm³/mol. The molecule has 1 heterocycles. The highest BCUT2D eigenvalue weighted by Crippen LogP contribution is 2.29. The molecule has 1 aromatic carbocycles. The van der Waals surface area contributed by atoms with Gasteiger partial charge in [0.25, 0.3) is 0 Å². The Kier molecular flexibility index (Phi) is 6.53. The molecular weight excluding hydrogens is 371 g/mol. The molecule has 8 heteroatoms. The second-order valence-electron chi connectivity index (χ2n) is 5.76. The van der Waals surface area contributed by atoms with Crippen LogP contribution in [0.1, 0.15) is 26.7 Å². The molecule has 1 aliphatic rings. The fraction of sp³-hybridized carbons (Fsp3) is 0.562. The minimum atomic E-state index is -3.62. The van der Waals surface area contributed by atoms with Gasteiger partial charge < -0.3 is 4.90 Å². The molecule has 1 fully saturated rings. The predicted octanol–water partition coefficient (Wildman–Crippen LogP) is 3.26. The lowest BCUT2D eigenvalue weighted by atomic mass is 9.96. The Morgan fingerprint density at radius 2 is 1.75 bits per heavy atom. The van der Waals surface area contributed by atoms with E-state index in [-0.39, 0.29) is 21.7 Å². The van der Waals surface area contributed by atoms with E-state index in [1.54, 1.807) is 4.90 Å². The molecule has 0 N–H and O–H groups in total. The van der Waals surface area contributed by atoms with Gasteiger partial charge in [-0.05, 0) is 44.9 Å². The quantitative estimate of drug-likeness (QED) is 0.772. The summed E-state index contributed by atoms with van der Waals surface area (Å²) < 4.78 is 26.8. The average molecular weight is 393 g/mol. The van der Waals surface area contributed by atoms with Gasteiger partial charge in [0.05, 0.1) is 14.9 Å². The van der Waals surface area contributed by atoms with Crippen molar-refractivity contribution in [1.82, 2.24) is 9.21 Å². The number of benzene rings is 1. The van der Waals surface area contributed by atoms with Crippen molar-refractivity contribution in [2.24, 2.45) is 5.92 Å². The van der Waals surface area contributed by atoms with Crippen molar-refractivity contribution in [3.8, 4) is 0 Å². The van der Waals surface area contributed by atoms with E-state index in [4.69, 9.17) is 23.2 Å². The lowest BCUT2D eigenvalue weighted by Crippen LogP contribution is -2.44. The van der Waals surface area contributed by atoms with E-state index in [0.29, 0.717) is 44.0 Å². The van der Waals surface area contributed by atoms with E-state index in [9.17, 15) is 13.2 Å². The Morgan fingerprint density at radius 1 is 1.17 bits per heavy atom. The molecule has 24 heavy (non-hydrogen) atoms. The first-order valence-corrected chi connectivity index (χ1v) is 10.2. The van der Waals surface area contributed by atoms with Gasteiger partial charge in [0.2, 0.25) is 15.9 Å². The van der Waals surface area contributed by atoms with Gasteiger partial charge in [-0.3, -0.25) is 4.79 Å². The fourth-order valence-corrected chi connectivity index (χ4v) is 4.78. The summed E-state index contributed by atoms with van der Waals surface area (Å²) in [5.41, 5.74) is 0. The Labute approximate surface area is 153 Å². The first-order chi connectivity index (χ1) is 11.3. The van der Waals surface area contributed by atoms with Crippen molar-refractivity contribution < 1.29 is 13.2 Å². The number of hydrogen-bond acceptors (Lipinski definition) is 3. The van der Waals surface area contributed by atoms with Gasteiger partial charge in [-0.15, -0.1) is 0 Å². The normalized spacial score (nSPS) is 17.0. The molecule has 0 unspecified atom stereocenters. The van der Waals surface area contributed by atoms with Crippen molar-refractivity contribution in [3.63, 3.8) is 0 Å². The molecule has 1 amide bonds. The second-order valence-corrected chi connectivity index (χ2v) is 8.52. The Bertz CT molecular complexity index is 697. The van der Waals surface area contributed by atoms with Gasteiger partial charge in [-0.25, -0.2) is 8.42 Å². The molecule has 1 aliphatic heterocycles. The highest BCUT2D eigenvalue weighted by molar-refractivity contribution is 7.89. The smallest absolute Gasteiger partial charge is 0.243 e. The topological polar surface area (TPSA) is 57.7 Å². The number of rotatable bonds is 5. The molecule has 0 bridgehead atoms. The summed E-state index contributed by atoms with van der Waals surface area (Å²) in [6.45, 7) is 5.92. The maximum absolute atomic E-state index is 12.7. The number of carbonyl (C=O) groups is 1. The standard InChI is InChI=1S/C16H22Cl2N2O3S/c1-3-19(4-2)16(21)12-7-9-20(10-8-12)24(22,23)13-5-6-14(17)15(18)11-13/h5-6,11-12H,3-4,7-10H2,1-2H3. The Balaban J connectivity index is 2.08. The molecule has 5 nitrogen and oxygen atoms in total. The average Bonchev–Trinajstić information content (AvgIpc) is 2.58. The van der Waals surface area contributed by atoms with Crippen molar-refractivity contribution in [1.29, 1.82) is 0 Å². The van der Waals surface area contributed by atoms with E-state index < -0.39 is 10.0 Å². The Hall–Kier alpha value is -0.820. The van der Waals surface area contributed by atoms with E-state index in [1.165, 1.54) is 22.5 Å². The lowest BCUT2D eigenvalue weighted by molar-refractivity contribution is -0.136. The van der Waals surface area contributed by atoms with Crippen molar-refractivity contribution >= 4 is 39.1 Å². The number of hydrogen-bond donors (Lipinski definition) is 0. The Morgan fingerprint density at radius 3 is 2.25 bits per heavy atom. The van der Waals surface area contributed by atoms with Crippen LogP contribution in [0.4, 0.5) is 0 Å². The zero-order valence-electron chi connectivity index (χ0n) is 13.8. The zero-order valence-corrected chi connectivity index (χ0v) is 16.2. The maximum Gasteiger partial charge on any atom is 0.243 e. The fourth-order valence-electron chi connectivity index (χ4n) is 2.92. The molecule has 1 aromatic rings. The first-order valence-electron chi connectivity index (χ1n) is 8.05. The molecule has 1 saturated heterocycles. The summed E-state index contributed by atoms with van der Waals surface area (Å²) in [6.07, 6.45) is 1.08. The summed E-state index contributed by atoms with van der Waals surface area (Å²) in [4.78, 5) is 14.3. The van der Waals surface area contributed by atoms with Crippen LogP contribution in [0.5, 0.6) is 0 Å². The van der Waals surface area contributed by atoms with Crippen molar-refractivity contribution in [2.75, 3.05) is 26.2 Å². The highest BCUT2D eigenvalue weighted by atomic mass is 35.5. The molecule has 2 rings (SSSR count). The van der Waals surface area contributed by atoms with Crippen LogP contribution in [-0.4, -0.2) is 49.7 Å². The number of amides is 1. The number of sulfonamides is 1.